The van der Waals surface area contributed by atoms with E-state index in [0.717, 1.165) is 24.0 Å². The van der Waals surface area contributed by atoms with Gasteiger partial charge in [0.15, 0.2) is 0 Å². The average Bonchev–Trinajstić information content (AvgIpc) is 3.35. The first-order chi connectivity index (χ1) is 17.5. The normalized spacial score (nSPS) is 33.4. The number of rotatable bonds is 10. The Kier molecular flexibility index (Phi) is 6.57. The second-order valence-corrected chi connectivity index (χ2v) is 16.9. The van der Waals surface area contributed by atoms with E-state index in [1.54, 1.807) is 24.3 Å². The topological polar surface area (TPSA) is 126 Å². The summed E-state index contributed by atoms with van der Waals surface area (Å²) in [4.78, 5) is 25.4. The third-order valence-electron chi connectivity index (χ3n) is 11.2. The molecule has 0 spiro atoms. The first kappa shape index (κ1) is 27.9. The molecule has 2 N–H and O–H groups in total. The van der Waals surface area contributed by atoms with Gasteiger partial charge in [-0.15, -0.1) is 0 Å². The summed E-state index contributed by atoms with van der Waals surface area (Å²) in [5.74, 6) is 0.311. The largest absolute Gasteiger partial charge is 0.299 e. The Balaban J connectivity index is 1.16. The molecule has 210 valence electrons. The van der Waals surface area contributed by atoms with E-state index in [1.807, 2.05) is 27.7 Å². The number of hydrogen-bond donors (Lipinski definition) is 2. The molecule has 4 atom stereocenters. The van der Waals surface area contributed by atoms with Crippen LogP contribution in [0.25, 0.3) is 0 Å². The number of Topliss-reactive ketones (excluding diaryl/α,β-unsaturated/α-hetero) is 2. The summed E-state index contributed by atoms with van der Waals surface area (Å²) in [6.45, 7) is 8.29. The molecular formula is C28H40N2O6S2. The predicted octanol–water partition coefficient (Wildman–Crippen LogP) is 3.32. The van der Waals surface area contributed by atoms with Gasteiger partial charge in [0.2, 0.25) is 20.0 Å². The molecule has 38 heavy (non-hydrogen) atoms. The second-order valence-electron chi connectivity index (χ2n) is 13.3. The SMILES string of the molecule is CC1(C)[C@H]2CC[C@@]1(CS(=O)(=O)NCc1ccc(CNS(=O)(=O)C[C@]34CC[C@@H](CC3=O)C4(C)C)cc1)C(=O)C2. The molecule has 4 saturated carbocycles. The Hall–Kier alpha value is -1.62. The van der Waals surface area contributed by atoms with E-state index >= 15 is 0 Å². The highest BCUT2D eigenvalue weighted by atomic mass is 32.2. The van der Waals surface area contributed by atoms with Crippen LogP contribution >= 0.6 is 0 Å². The first-order valence-electron chi connectivity index (χ1n) is 13.6. The van der Waals surface area contributed by atoms with Crippen LogP contribution in [0.15, 0.2) is 24.3 Å². The van der Waals surface area contributed by atoms with Crippen LogP contribution in [0.4, 0.5) is 0 Å². The molecule has 4 fully saturated rings. The molecule has 4 aliphatic carbocycles. The smallest absolute Gasteiger partial charge is 0.212 e. The number of hydrogen-bond acceptors (Lipinski definition) is 6. The van der Waals surface area contributed by atoms with Crippen LogP contribution in [0.3, 0.4) is 0 Å². The van der Waals surface area contributed by atoms with Crippen LogP contribution < -0.4 is 9.44 Å². The maximum Gasteiger partial charge on any atom is 0.212 e. The number of sulfonamides is 2. The van der Waals surface area contributed by atoms with Gasteiger partial charge in [-0.2, -0.15) is 0 Å². The molecule has 8 nitrogen and oxygen atoms in total. The van der Waals surface area contributed by atoms with Gasteiger partial charge >= 0.3 is 0 Å². The monoisotopic (exact) mass is 564 g/mol. The van der Waals surface area contributed by atoms with Crippen molar-refractivity contribution in [3.63, 3.8) is 0 Å². The van der Waals surface area contributed by atoms with Gasteiger partial charge in [0, 0.05) is 36.8 Å². The third kappa shape index (κ3) is 4.30. The number of benzene rings is 1. The zero-order valence-electron chi connectivity index (χ0n) is 22.8. The minimum Gasteiger partial charge on any atom is -0.299 e. The Morgan fingerprint density at radius 3 is 1.29 bits per heavy atom. The number of carbonyl (C=O) groups is 2. The summed E-state index contributed by atoms with van der Waals surface area (Å²) in [5.41, 5.74) is -0.744. The van der Waals surface area contributed by atoms with Crippen molar-refractivity contribution in [1.82, 2.24) is 9.44 Å². The molecule has 0 saturated heterocycles. The zero-order valence-corrected chi connectivity index (χ0v) is 24.4. The van der Waals surface area contributed by atoms with Gasteiger partial charge < -0.3 is 0 Å². The van der Waals surface area contributed by atoms with Crippen LogP contribution in [0, 0.1) is 33.5 Å². The second kappa shape index (κ2) is 8.94. The molecule has 1 aromatic rings. The van der Waals surface area contributed by atoms with Gasteiger partial charge in [0.25, 0.3) is 0 Å². The maximum atomic E-state index is 13.0. The fraction of sp³-hybridized carbons (Fsp3) is 0.714. The van der Waals surface area contributed by atoms with E-state index in [-0.39, 0.29) is 58.8 Å². The van der Waals surface area contributed by atoms with Gasteiger partial charge in [0.05, 0.1) is 11.5 Å². The standard InChI is InChI=1S/C28H40N2O6S2/c1-25(2)21-9-11-27(25,23(31)13-21)17-37(33,34)29-15-19-5-7-20(8-6-19)16-30-38(35,36)18-28-12-10-22(14-24(28)32)26(28,3)4/h5-8,21-22,29-30H,9-18H2,1-4H3/t21-,22-,27+,28+/m0/s1. The highest BCUT2D eigenvalue weighted by molar-refractivity contribution is 7.89. The highest BCUT2D eigenvalue weighted by Gasteiger charge is 2.66. The fourth-order valence-electron chi connectivity index (χ4n) is 8.13. The van der Waals surface area contributed by atoms with Crippen LogP contribution in [-0.2, 0) is 42.7 Å². The number of ketones is 2. The summed E-state index contributed by atoms with van der Waals surface area (Å²) in [7, 11) is -7.34. The molecule has 0 unspecified atom stereocenters. The molecule has 0 amide bonds. The molecular weight excluding hydrogens is 524 g/mol. The molecule has 0 heterocycles. The molecule has 4 aliphatic rings. The van der Waals surface area contributed by atoms with Crippen molar-refractivity contribution in [1.29, 1.82) is 0 Å². The lowest BCUT2D eigenvalue weighted by atomic mass is 9.70. The lowest BCUT2D eigenvalue weighted by Crippen LogP contribution is -2.45. The van der Waals surface area contributed by atoms with E-state index in [0.29, 0.717) is 25.7 Å². The van der Waals surface area contributed by atoms with E-state index in [1.165, 1.54) is 0 Å². The highest BCUT2D eigenvalue weighted by Crippen LogP contribution is 2.65. The van der Waals surface area contributed by atoms with Crippen LogP contribution in [0.2, 0.25) is 0 Å². The first-order valence-corrected chi connectivity index (χ1v) is 16.9. The Morgan fingerprint density at radius 1 is 0.684 bits per heavy atom. The van der Waals surface area contributed by atoms with Crippen molar-refractivity contribution in [3.05, 3.63) is 35.4 Å². The molecule has 0 radical (unpaired) electrons. The Morgan fingerprint density at radius 2 is 1.03 bits per heavy atom. The van der Waals surface area contributed by atoms with Gasteiger partial charge in [-0.25, -0.2) is 26.3 Å². The summed E-state index contributed by atoms with van der Waals surface area (Å²) >= 11 is 0. The van der Waals surface area contributed by atoms with Crippen molar-refractivity contribution in [2.24, 2.45) is 33.5 Å². The molecule has 1 aromatic carbocycles. The quantitative estimate of drug-likeness (QED) is 0.449. The van der Waals surface area contributed by atoms with Crippen molar-refractivity contribution in [2.75, 3.05) is 11.5 Å². The molecule has 0 aliphatic heterocycles. The van der Waals surface area contributed by atoms with Gasteiger partial charge in [0.1, 0.15) is 11.6 Å². The van der Waals surface area contributed by atoms with E-state index in [2.05, 4.69) is 9.44 Å². The van der Waals surface area contributed by atoms with Crippen LogP contribution in [0.5, 0.6) is 0 Å². The maximum absolute atomic E-state index is 13.0. The van der Waals surface area contributed by atoms with Gasteiger partial charge in [-0.3, -0.25) is 9.59 Å². The number of carbonyl (C=O) groups excluding carboxylic acids is 2. The Bertz CT molecular complexity index is 1260. The summed E-state index contributed by atoms with van der Waals surface area (Å²) in [6.07, 6.45) is 4.00. The summed E-state index contributed by atoms with van der Waals surface area (Å²) in [5, 5.41) is 0. The summed E-state index contributed by atoms with van der Waals surface area (Å²) in [6, 6.07) is 7.07. The summed E-state index contributed by atoms with van der Waals surface area (Å²) < 4.78 is 57.1. The number of nitrogens with one attached hydrogen (secondary N) is 2. The van der Waals surface area contributed by atoms with Crippen molar-refractivity contribution < 1.29 is 26.4 Å². The average molecular weight is 565 g/mol. The third-order valence-corrected chi connectivity index (χ3v) is 14.1. The van der Waals surface area contributed by atoms with Crippen molar-refractivity contribution in [2.45, 2.75) is 79.3 Å². The molecule has 4 bridgehead atoms. The minimum absolute atomic E-state index is 0.0733. The van der Waals surface area contributed by atoms with Gasteiger partial charge in [-0.1, -0.05) is 52.0 Å². The number of fused-ring (bicyclic) bond motifs is 4. The Labute approximate surface area is 226 Å². The minimum atomic E-state index is -3.67. The fourth-order valence-corrected chi connectivity index (χ4v) is 11.8. The van der Waals surface area contributed by atoms with E-state index in [4.69, 9.17) is 0 Å². The van der Waals surface area contributed by atoms with Crippen molar-refractivity contribution >= 4 is 31.6 Å². The lowest BCUT2D eigenvalue weighted by molar-refractivity contribution is -0.128. The zero-order chi connectivity index (χ0) is 27.8. The van der Waals surface area contributed by atoms with E-state index in [9.17, 15) is 26.4 Å². The van der Waals surface area contributed by atoms with E-state index < -0.39 is 30.9 Å². The molecule has 0 aromatic heterocycles. The van der Waals surface area contributed by atoms with Crippen LogP contribution in [0.1, 0.15) is 77.3 Å². The molecule has 5 rings (SSSR count). The van der Waals surface area contributed by atoms with Crippen molar-refractivity contribution in [3.8, 4) is 0 Å². The predicted molar refractivity (Wildman–Crippen MR) is 145 cm³/mol. The lowest BCUT2D eigenvalue weighted by Gasteiger charge is -2.36. The van der Waals surface area contributed by atoms with Crippen LogP contribution in [-0.4, -0.2) is 39.9 Å². The molecule has 10 heteroatoms. The van der Waals surface area contributed by atoms with Gasteiger partial charge in [-0.05, 0) is 59.5 Å².